The van der Waals surface area contributed by atoms with Crippen molar-refractivity contribution in [3.63, 3.8) is 0 Å². The maximum absolute atomic E-state index is 12.9. The summed E-state index contributed by atoms with van der Waals surface area (Å²) in [4.78, 5) is 15.4. The van der Waals surface area contributed by atoms with Crippen molar-refractivity contribution in [2.75, 3.05) is 5.32 Å². The van der Waals surface area contributed by atoms with Crippen LogP contribution in [0.1, 0.15) is 15.9 Å². The van der Waals surface area contributed by atoms with E-state index in [1.54, 1.807) is 24.3 Å². The molecule has 0 aliphatic rings. The largest absolute Gasteiger partial charge is 0.322 e. The molecule has 0 bridgehead atoms. The maximum Gasteiger partial charge on any atom is 0.257 e. The molecule has 3 nitrogen and oxygen atoms in total. The Labute approximate surface area is 104 Å². The van der Waals surface area contributed by atoms with Gasteiger partial charge in [0.1, 0.15) is 5.82 Å². The number of hydrogen-bond donors (Lipinski definition) is 1. The number of halogens is 1. The van der Waals surface area contributed by atoms with Crippen LogP contribution < -0.4 is 5.32 Å². The van der Waals surface area contributed by atoms with Crippen LogP contribution in [0.25, 0.3) is 0 Å². The van der Waals surface area contributed by atoms with Gasteiger partial charge in [0.25, 0.3) is 5.91 Å². The van der Waals surface area contributed by atoms with Crippen LogP contribution >= 0.6 is 0 Å². The summed E-state index contributed by atoms with van der Waals surface area (Å²) in [6.45, 7) is 0. The zero-order valence-electron chi connectivity index (χ0n) is 9.35. The molecule has 1 amide bonds. The first kappa shape index (κ1) is 11.8. The Morgan fingerprint density at radius 2 is 2.17 bits per heavy atom. The van der Waals surface area contributed by atoms with E-state index in [1.807, 2.05) is 0 Å². The molecule has 1 heterocycles. The van der Waals surface area contributed by atoms with Crippen LogP contribution in [0, 0.1) is 18.2 Å². The molecule has 4 heteroatoms. The number of carbonyl (C=O) groups excluding carboxylic acids is 1. The van der Waals surface area contributed by atoms with Crippen LogP contribution in [0.5, 0.6) is 0 Å². The maximum atomic E-state index is 12.9. The third-order valence-corrected chi connectivity index (χ3v) is 2.25. The van der Waals surface area contributed by atoms with Crippen molar-refractivity contribution in [1.82, 2.24) is 4.98 Å². The van der Waals surface area contributed by atoms with Gasteiger partial charge in [-0.2, -0.15) is 0 Å². The number of nitrogens with zero attached hydrogens (tertiary/aromatic N) is 1. The summed E-state index contributed by atoms with van der Waals surface area (Å²) >= 11 is 0. The molecule has 1 N–H and O–H groups in total. The number of benzene rings is 1. The number of hydrogen-bond acceptors (Lipinski definition) is 2. The molecule has 0 spiro atoms. The third-order valence-electron chi connectivity index (χ3n) is 2.25. The Morgan fingerprint density at radius 1 is 1.33 bits per heavy atom. The molecule has 0 aliphatic heterocycles. The monoisotopic (exact) mass is 240 g/mol. The molecule has 0 fully saturated rings. The molecule has 18 heavy (non-hydrogen) atoms. The second kappa shape index (κ2) is 5.11. The van der Waals surface area contributed by atoms with Gasteiger partial charge in [0.05, 0.1) is 11.8 Å². The van der Waals surface area contributed by atoms with Gasteiger partial charge in [0.2, 0.25) is 0 Å². The van der Waals surface area contributed by atoms with Gasteiger partial charge >= 0.3 is 0 Å². The summed E-state index contributed by atoms with van der Waals surface area (Å²) in [6, 6.07) is 7.96. The molecule has 0 aliphatic carbocycles. The van der Waals surface area contributed by atoms with Crippen LogP contribution in [-0.2, 0) is 0 Å². The number of rotatable bonds is 2. The summed E-state index contributed by atoms with van der Waals surface area (Å²) in [6.07, 6.45) is 7.59. The summed E-state index contributed by atoms with van der Waals surface area (Å²) in [7, 11) is 0. The third kappa shape index (κ3) is 2.71. The number of amides is 1. The fourth-order valence-corrected chi connectivity index (χ4v) is 1.43. The van der Waals surface area contributed by atoms with Crippen LogP contribution in [0.3, 0.4) is 0 Å². The first-order valence-electron chi connectivity index (χ1n) is 5.17. The van der Waals surface area contributed by atoms with Crippen LogP contribution in [-0.4, -0.2) is 10.9 Å². The fourth-order valence-electron chi connectivity index (χ4n) is 1.43. The Morgan fingerprint density at radius 3 is 2.89 bits per heavy atom. The lowest BCUT2D eigenvalue weighted by Crippen LogP contribution is -2.12. The quantitative estimate of drug-likeness (QED) is 0.819. The minimum absolute atomic E-state index is 0.154. The van der Waals surface area contributed by atoms with E-state index in [0.29, 0.717) is 11.3 Å². The summed E-state index contributed by atoms with van der Waals surface area (Å²) in [5, 5.41) is 2.62. The van der Waals surface area contributed by atoms with Crippen molar-refractivity contribution in [2.45, 2.75) is 0 Å². The Kier molecular flexibility index (Phi) is 3.35. The molecule has 2 aromatic rings. The molecule has 88 valence electrons. The molecule has 1 aromatic carbocycles. The summed E-state index contributed by atoms with van der Waals surface area (Å²) < 4.78 is 12.9. The van der Waals surface area contributed by atoms with E-state index in [4.69, 9.17) is 6.42 Å². The van der Waals surface area contributed by atoms with Gasteiger partial charge in [0.15, 0.2) is 0 Å². The topological polar surface area (TPSA) is 42.0 Å². The zero-order chi connectivity index (χ0) is 13.0. The molecule has 0 radical (unpaired) electrons. The van der Waals surface area contributed by atoms with Crippen LogP contribution in [0.4, 0.5) is 10.1 Å². The first-order chi connectivity index (χ1) is 8.69. The predicted molar refractivity (Wildman–Crippen MR) is 66.5 cm³/mol. The SMILES string of the molecule is C#Cc1cccc(NC(=O)c2cncc(F)c2)c1. The highest BCUT2D eigenvalue weighted by Crippen LogP contribution is 2.11. The number of aromatic nitrogens is 1. The molecule has 1 aromatic heterocycles. The highest BCUT2D eigenvalue weighted by atomic mass is 19.1. The lowest BCUT2D eigenvalue weighted by molar-refractivity contribution is 0.102. The van der Waals surface area contributed by atoms with E-state index >= 15 is 0 Å². The van der Waals surface area contributed by atoms with Gasteiger partial charge in [-0.1, -0.05) is 12.0 Å². The second-order valence-electron chi connectivity index (χ2n) is 3.57. The standard InChI is InChI=1S/C14H9FN2O/c1-2-10-4-3-5-13(6-10)17-14(18)11-7-12(15)9-16-8-11/h1,3-9H,(H,17,18). The molecule has 0 atom stereocenters. The van der Waals surface area contributed by atoms with Gasteiger partial charge in [-0.15, -0.1) is 6.42 Å². The molecule has 2 rings (SSSR count). The van der Waals surface area contributed by atoms with E-state index in [0.717, 1.165) is 12.3 Å². The number of carbonyl (C=O) groups is 1. The smallest absolute Gasteiger partial charge is 0.257 e. The Hall–Kier alpha value is -2.67. The molecular formula is C14H9FN2O. The van der Waals surface area contributed by atoms with Gasteiger partial charge in [-0.3, -0.25) is 9.78 Å². The van der Waals surface area contributed by atoms with Gasteiger partial charge in [-0.25, -0.2) is 4.39 Å². The lowest BCUT2D eigenvalue weighted by Gasteiger charge is -2.05. The van der Waals surface area contributed by atoms with Crippen molar-refractivity contribution in [3.05, 3.63) is 59.7 Å². The zero-order valence-corrected chi connectivity index (χ0v) is 9.35. The molecule has 0 saturated carbocycles. The number of pyridine rings is 1. The minimum atomic E-state index is -0.556. The highest BCUT2D eigenvalue weighted by molar-refractivity contribution is 6.04. The minimum Gasteiger partial charge on any atom is -0.322 e. The van der Waals surface area contributed by atoms with E-state index < -0.39 is 11.7 Å². The van der Waals surface area contributed by atoms with Gasteiger partial charge in [-0.05, 0) is 24.3 Å². The van der Waals surface area contributed by atoms with E-state index in [-0.39, 0.29) is 5.56 Å². The summed E-state index contributed by atoms with van der Waals surface area (Å²) in [5.41, 5.74) is 1.37. The highest BCUT2D eigenvalue weighted by Gasteiger charge is 2.07. The lowest BCUT2D eigenvalue weighted by atomic mass is 10.2. The number of anilines is 1. The molecule has 0 saturated heterocycles. The second-order valence-corrected chi connectivity index (χ2v) is 3.57. The van der Waals surface area contributed by atoms with Gasteiger partial charge in [0, 0.05) is 17.4 Å². The number of terminal acetylenes is 1. The van der Waals surface area contributed by atoms with E-state index in [2.05, 4.69) is 16.2 Å². The first-order valence-corrected chi connectivity index (χ1v) is 5.17. The van der Waals surface area contributed by atoms with E-state index in [9.17, 15) is 9.18 Å². The Bertz CT molecular complexity index is 632. The van der Waals surface area contributed by atoms with Crippen molar-refractivity contribution < 1.29 is 9.18 Å². The average Bonchev–Trinajstić information content (AvgIpc) is 2.39. The van der Waals surface area contributed by atoms with Crippen LogP contribution in [0.2, 0.25) is 0 Å². The van der Waals surface area contributed by atoms with E-state index in [1.165, 1.54) is 6.20 Å². The van der Waals surface area contributed by atoms with Crippen LogP contribution in [0.15, 0.2) is 42.7 Å². The average molecular weight is 240 g/mol. The number of nitrogens with one attached hydrogen (secondary N) is 1. The predicted octanol–water partition coefficient (Wildman–Crippen LogP) is 2.45. The molecule has 0 unspecified atom stereocenters. The van der Waals surface area contributed by atoms with Crippen molar-refractivity contribution >= 4 is 11.6 Å². The molecular weight excluding hydrogens is 231 g/mol. The van der Waals surface area contributed by atoms with Crippen molar-refractivity contribution in [1.29, 1.82) is 0 Å². The normalized spacial score (nSPS) is 9.56. The summed E-state index contributed by atoms with van der Waals surface area (Å²) in [5.74, 6) is 1.48. The van der Waals surface area contributed by atoms with Crippen molar-refractivity contribution in [2.24, 2.45) is 0 Å². The Balaban J connectivity index is 2.19. The van der Waals surface area contributed by atoms with Crippen molar-refractivity contribution in [3.8, 4) is 12.3 Å². The fraction of sp³-hybridized carbons (Fsp3) is 0. The van der Waals surface area contributed by atoms with Gasteiger partial charge < -0.3 is 5.32 Å².